The van der Waals surface area contributed by atoms with Crippen molar-refractivity contribution in [3.05, 3.63) is 45.2 Å². The first-order valence-corrected chi connectivity index (χ1v) is 6.12. The van der Waals surface area contributed by atoms with Gasteiger partial charge in [0, 0.05) is 5.56 Å². The number of rotatable bonds is 2. The molecule has 88 valence electrons. The summed E-state index contributed by atoms with van der Waals surface area (Å²) in [6.07, 6.45) is 0.868. The fraction of sp³-hybridized carbons (Fsp3) is 0.231. The summed E-state index contributed by atoms with van der Waals surface area (Å²) < 4.78 is 2.78. The summed E-state index contributed by atoms with van der Waals surface area (Å²) >= 11 is 3.49. The van der Waals surface area contributed by atoms with Gasteiger partial charge in [0.25, 0.3) is 0 Å². The van der Waals surface area contributed by atoms with E-state index in [0.717, 1.165) is 33.4 Å². The average molecular weight is 293 g/mol. The molecule has 0 aliphatic carbocycles. The molecular formula is C13H13BrN2O. The second kappa shape index (κ2) is 4.45. The van der Waals surface area contributed by atoms with E-state index < -0.39 is 0 Å². The number of carbonyl (C=O) groups excluding carboxylic acids is 1. The lowest BCUT2D eigenvalue weighted by Crippen LogP contribution is -2.03. The molecule has 0 spiro atoms. The number of halogens is 1. The van der Waals surface area contributed by atoms with E-state index in [9.17, 15) is 4.79 Å². The molecule has 0 fully saturated rings. The standard InChI is InChI=1S/C13H13BrN2O/c1-8-4-5-12(11(6-8)7-17)16-10(3)13(14)9(2)15-16/h4-7H,1-3H3. The van der Waals surface area contributed by atoms with Crippen molar-refractivity contribution in [3.63, 3.8) is 0 Å². The molecule has 0 atom stereocenters. The smallest absolute Gasteiger partial charge is 0.152 e. The van der Waals surface area contributed by atoms with Crippen molar-refractivity contribution < 1.29 is 4.79 Å². The molecule has 2 aromatic rings. The summed E-state index contributed by atoms with van der Waals surface area (Å²) in [4.78, 5) is 11.1. The zero-order chi connectivity index (χ0) is 12.6. The third-order valence-corrected chi connectivity index (χ3v) is 3.89. The van der Waals surface area contributed by atoms with Gasteiger partial charge in [0.15, 0.2) is 6.29 Å². The van der Waals surface area contributed by atoms with Crippen LogP contribution in [0.3, 0.4) is 0 Å². The van der Waals surface area contributed by atoms with Crippen molar-refractivity contribution in [1.82, 2.24) is 9.78 Å². The minimum absolute atomic E-state index is 0.656. The molecule has 0 saturated heterocycles. The second-order valence-electron chi connectivity index (χ2n) is 4.08. The monoisotopic (exact) mass is 292 g/mol. The Morgan fingerprint density at radius 3 is 2.53 bits per heavy atom. The maximum Gasteiger partial charge on any atom is 0.152 e. The minimum Gasteiger partial charge on any atom is -0.298 e. The Morgan fingerprint density at radius 1 is 1.29 bits per heavy atom. The Morgan fingerprint density at radius 2 is 2.00 bits per heavy atom. The molecule has 0 amide bonds. The van der Waals surface area contributed by atoms with Crippen LogP contribution in [-0.2, 0) is 0 Å². The molecule has 2 rings (SSSR count). The highest BCUT2D eigenvalue weighted by Crippen LogP contribution is 2.24. The largest absolute Gasteiger partial charge is 0.298 e. The molecule has 0 aliphatic heterocycles. The molecule has 1 aromatic carbocycles. The second-order valence-corrected chi connectivity index (χ2v) is 4.87. The Kier molecular flexibility index (Phi) is 3.15. The van der Waals surface area contributed by atoms with Gasteiger partial charge in [-0.3, -0.25) is 4.79 Å². The molecule has 0 aliphatic rings. The van der Waals surface area contributed by atoms with E-state index in [4.69, 9.17) is 0 Å². The topological polar surface area (TPSA) is 34.9 Å². The van der Waals surface area contributed by atoms with Crippen molar-refractivity contribution >= 4 is 22.2 Å². The Labute approximate surface area is 109 Å². The lowest BCUT2D eigenvalue weighted by Gasteiger charge is -2.08. The van der Waals surface area contributed by atoms with Crippen LogP contribution in [0.4, 0.5) is 0 Å². The molecule has 17 heavy (non-hydrogen) atoms. The molecule has 4 heteroatoms. The summed E-state index contributed by atoms with van der Waals surface area (Å²) in [5, 5.41) is 4.43. The summed E-state index contributed by atoms with van der Waals surface area (Å²) in [5.74, 6) is 0. The zero-order valence-corrected chi connectivity index (χ0v) is 11.6. The van der Waals surface area contributed by atoms with Gasteiger partial charge in [0.05, 0.1) is 21.5 Å². The molecule has 0 unspecified atom stereocenters. The molecule has 0 bridgehead atoms. The number of carbonyl (C=O) groups is 1. The molecular weight excluding hydrogens is 280 g/mol. The Hall–Kier alpha value is -1.42. The summed E-state index contributed by atoms with van der Waals surface area (Å²) in [7, 11) is 0. The molecule has 0 radical (unpaired) electrons. The van der Waals surface area contributed by atoms with E-state index in [1.807, 2.05) is 39.0 Å². The van der Waals surface area contributed by atoms with Gasteiger partial charge in [-0.05, 0) is 48.8 Å². The lowest BCUT2D eigenvalue weighted by molar-refractivity contribution is 0.112. The first-order valence-electron chi connectivity index (χ1n) is 5.32. The highest BCUT2D eigenvalue weighted by Gasteiger charge is 2.12. The van der Waals surface area contributed by atoms with E-state index >= 15 is 0 Å². The van der Waals surface area contributed by atoms with Crippen LogP contribution in [0.15, 0.2) is 22.7 Å². The predicted molar refractivity (Wildman–Crippen MR) is 70.9 cm³/mol. The molecule has 3 nitrogen and oxygen atoms in total. The van der Waals surface area contributed by atoms with Crippen LogP contribution in [0.25, 0.3) is 5.69 Å². The van der Waals surface area contributed by atoms with Crippen LogP contribution in [0.1, 0.15) is 27.3 Å². The quantitative estimate of drug-likeness (QED) is 0.796. The number of aldehydes is 1. The maximum atomic E-state index is 11.1. The Balaban J connectivity index is 2.68. The van der Waals surface area contributed by atoms with E-state index in [1.54, 1.807) is 4.68 Å². The molecule has 1 aromatic heterocycles. The molecule has 1 heterocycles. The van der Waals surface area contributed by atoms with Gasteiger partial charge in [-0.2, -0.15) is 5.10 Å². The first-order chi connectivity index (χ1) is 8.04. The highest BCUT2D eigenvalue weighted by atomic mass is 79.9. The number of aryl methyl sites for hydroxylation is 2. The van der Waals surface area contributed by atoms with E-state index in [0.29, 0.717) is 5.56 Å². The number of hydrogen-bond donors (Lipinski definition) is 0. The summed E-state index contributed by atoms with van der Waals surface area (Å²) in [6.45, 7) is 5.87. The van der Waals surface area contributed by atoms with E-state index in [-0.39, 0.29) is 0 Å². The van der Waals surface area contributed by atoms with Gasteiger partial charge in [0.1, 0.15) is 0 Å². The third-order valence-electron chi connectivity index (χ3n) is 2.74. The number of aromatic nitrogens is 2. The van der Waals surface area contributed by atoms with Crippen LogP contribution in [0.2, 0.25) is 0 Å². The first kappa shape index (κ1) is 12.0. The van der Waals surface area contributed by atoms with Crippen LogP contribution in [-0.4, -0.2) is 16.1 Å². The third kappa shape index (κ3) is 2.05. The van der Waals surface area contributed by atoms with Crippen LogP contribution in [0.5, 0.6) is 0 Å². The van der Waals surface area contributed by atoms with Crippen molar-refractivity contribution in [2.45, 2.75) is 20.8 Å². The summed E-state index contributed by atoms with van der Waals surface area (Å²) in [6, 6.07) is 5.77. The van der Waals surface area contributed by atoms with Crippen molar-refractivity contribution in [3.8, 4) is 5.69 Å². The lowest BCUT2D eigenvalue weighted by atomic mass is 10.1. The van der Waals surface area contributed by atoms with Crippen LogP contribution >= 0.6 is 15.9 Å². The molecule has 0 N–H and O–H groups in total. The van der Waals surface area contributed by atoms with Crippen molar-refractivity contribution in [2.24, 2.45) is 0 Å². The van der Waals surface area contributed by atoms with Gasteiger partial charge < -0.3 is 0 Å². The van der Waals surface area contributed by atoms with Crippen LogP contribution in [0, 0.1) is 20.8 Å². The predicted octanol–water partition coefficient (Wildman–Crippen LogP) is 3.37. The molecule has 0 saturated carbocycles. The van der Waals surface area contributed by atoms with Crippen molar-refractivity contribution in [1.29, 1.82) is 0 Å². The van der Waals surface area contributed by atoms with Crippen LogP contribution < -0.4 is 0 Å². The minimum atomic E-state index is 0.656. The fourth-order valence-electron chi connectivity index (χ4n) is 1.82. The SMILES string of the molecule is Cc1ccc(-n2nc(C)c(Br)c2C)c(C=O)c1. The van der Waals surface area contributed by atoms with Gasteiger partial charge in [-0.15, -0.1) is 0 Å². The van der Waals surface area contributed by atoms with Gasteiger partial charge in [-0.25, -0.2) is 4.68 Å². The van der Waals surface area contributed by atoms with E-state index in [2.05, 4.69) is 21.0 Å². The summed E-state index contributed by atoms with van der Waals surface area (Å²) in [5.41, 5.74) is 4.45. The number of nitrogens with zero attached hydrogens (tertiary/aromatic N) is 2. The van der Waals surface area contributed by atoms with Crippen molar-refractivity contribution in [2.75, 3.05) is 0 Å². The van der Waals surface area contributed by atoms with Gasteiger partial charge in [-0.1, -0.05) is 11.6 Å². The number of hydrogen-bond acceptors (Lipinski definition) is 2. The Bertz CT molecular complexity index is 587. The van der Waals surface area contributed by atoms with Gasteiger partial charge >= 0.3 is 0 Å². The van der Waals surface area contributed by atoms with Gasteiger partial charge in [0.2, 0.25) is 0 Å². The fourth-order valence-corrected chi connectivity index (χ4v) is 2.07. The maximum absolute atomic E-state index is 11.1. The zero-order valence-electron chi connectivity index (χ0n) is 9.99. The average Bonchev–Trinajstić information content (AvgIpc) is 2.57. The van der Waals surface area contributed by atoms with E-state index in [1.165, 1.54) is 0 Å². The normalized spacial score (nSPS) is 10.6. The number of benzene rings is 1. The highest BCUT2D eigenvalue weighted by molar-refractivity contribution is 9.10.